The Bertz CT molecular complexity index is 1410. The minimum Gasteiger partial charge on any atom is -0.495 e. The smallest absolute Gasteiger partial charge is 0.416 e. The quantitative estimate of drug-likeness (QED) is 0.371. The molecule has 0 aliphatic rings. The fourth-order valence-electron chi connectivity index (χ4n) is 3.67. The van der Waals surface area contributed by atoms with Crippen molar-refractivity contribution in [2.75, 3.05) is 7.11 Å². The zero-order valence-corrected chi connectivity index (χ0v) is 18.0. The second-order valence-corrected chi connectivity index (χ2v) is 7.39. The van der Waals surface area contributed by atoms with Gasteiger partial charge in [-0.25, -0.2) is 9.78 Å². The Kier molecular flexibility index (Phi) is 6.08. The van der Waals surface area contributed by atoms with Gasteiger partial charge in [0, 0.05) is 5.39 Å². The predicted molar refractivity (Wildman–Crippen MR) is 117 cm³/mol. The van der Waals surface area contributed by atoms with Gasteiger partial charge in [-0.15, -0.1) is 0 Å². The molecule has 0 aliphatic carbocycles. The van der Waals surface area contributed by atoms with Crippen LogP contribution >= 0.6 is 0 Å². The number of hydrogen-bond donors (Lipinski definition) is 2. The number of aliphatic carboxylic acids is 1. The Hall–Kier alpha value is -4.54. The lowest BCUT2D eigenvalue weighted by molar-refractivity contribution is -0.138. The topological polar surface area (TPSA) is 111 Å². The van der Waals surface area contributed by atoms with Gasteiger partial charge in [-0.2, -0.15) is 13.2 Å². The number of aromatic carboxylic acids is 1. The summed E-state index contributed by atoms with van der Waals surface area (Å²) in [7, 11) is 1.46. The van der Waals surface area contributed by atoms with E-state index in [9.17, 15) is 33.0 Å². The maximum atomic E-state index is 12.8. The second kappa shape index (κ2) is 9.01. The lowest BCUT2D eigenvalue weighted by Crippen LogP contribution is -2.12. The van der Waals surface area contributed by atoms with Crippen molar-refractivity contribution < 1.29 is 42.4 Å². The van der Waals surface area contributed by atoms with Crippen LogP contribution in [0.5, 0.6) is 17.2 Å². The molecule has 4 aromatic rings. The zero-order valence-electron chi connectivity index (χ0n) is 18.0. The van der Waals surface area contributed by atoms with E-state index in [0.717, 1.165) is 24.3 Å². The lowest BCUT2D eigenvalue weighted by Gasteiger charge is -2.11. The number of rotatable bonds is 7. The van der Waals surface area contributed by atoms with E-state index >= 15 is 0 Å². The number of carboxylic acid groups (broad SMARTS) is 2. The van der Waals surface area contributed by atoms with Crippen molar-refractivity contribution in [3.63, 3.8) is 0 Å². The number of alkyl halides is 3. The first-order valence-corrected chi connectivity index (χ1v) is 10.1. The highest BCUT2D eigenvalue weighted by molar-refractivity contribution is 6.07. The summed E-state index contributed by atoms with van der Waals surface area (Å²) in [5.41, 5.74) is -0.742. The molecule has 2 heterocycles. The Morgan fingerprint density at radius 1 is 0.971 bits per heavy atom. The molecular weight excluding hydrogens is 469 g/mol. The van der Waals surface area contributed by atoms with E-state index in [0.29, 0.717) is 11.3 Å². The third kappa shape index (κ3) is 4.74. The first kappa shape index (κ1) is 23.6. The molecule has 0 fully saturated rings. The number of halogens is 3. The first-order valence-electron chi connectivity index (χ1n) is 10.1. The lowest BCUT2D eigenvalue weighted by atomic mass is 10.1. The molecule has 0 bridgehead atoms. The third-order valence-corrected chi connectivity index (χ3v) is 5.17. The van der Waals surface area contributed by atoms with Gasteiger partial charge in [0.05, 0.1) is 42.1 Å². The van der Waals surface area contributed by atoms with Gasteiger partial charge < -0.3 is 19.7 Å². The largest absolute Gasteiger partial charge is 0.495 e. The number of ether oxygens (including phenoxy) is 2. The Morgan fingerprint density at radius 3 is 2.17 bits per heavy atom. The van der Waals surface area contributed by atoms with Gasteiger partial charge in [0.25, 0.3) is 0 Å². The summed E-state index contributed by atoms with van der Waals surface area (Å²) in [6.45, 7) is 0. The Morgan fingerprint density at radius 2 is 1.63 bits per heavy atom. The number of nitrogens with zero attached hydrogens (tertiary/aromatic N) is 2. The van der Waals surface area contributed by atoms with Crippen LogP contribution in [0.4, 0.5) is 13.2 Å². The molecule has 2 aromatic heterocycles. The molecule has 0 unspecified atom stereocenters. The van der Waals surface area contributed by atoms with E-state index in [1.807, 2.05) is 0 Å². The number of carbonyl (C=O) groups is 2. The molecule has 0 saturated heterocycles. The molecule has 11 heteroatoms. The molecule has 0 radical (unpaired) electrons. The van der Waals surface area contributed by atoms with E-state index in [-0.39, 0.29) is 34.0 Å². The first-order chi connectivity index (χ1) is 16.6. The summed E-state index contributed by atoms with van der Waals surface area (Å²) in [6.07, 6.45) is -3.68. The van der Waals surface area contributed by atoms with E-state index in [1.165, 1.54) is 36.1 Å². The summed E-state index contributed by atoms with van der Waals surface area (Å²) in [5, 5.41) is 19.5. The highest BCUT2D eigenvalue weighted by Crippen LogP contribution is 2.35. The van der Waals surface area contributed by atoms with Crippen molar-refractivity contribution in [2.45, 2.75) is 12.6 Å². The molecule has 0 atom stereocenters. The molecule has 0 spiro atoms. The molecule has 180 valence electrons. The van der Waals surface area contributed by atoms with Crippen LogP contribution in [-0.4, -0.2) is 38.8 Å². The van der Waals surface area contributed by atoms with Gasteiger partial charge in [-0.3, -0.25) is 9.36 Å². The fourth-order valence-corrected chi connectivity index (χ4v) is 3.67. The van der Waals surface area contributed by atoms with Gasteiger partial charge in [-0.05, 0) is 54.6 Å². The minimum absolute atomic E-state index is 0.00986. The van der Waals surface area contributed by atoms with Crippen LogP contribution < -0.4 is 9.47 Å². The van der Waals surface area contributed by atoms with Crippen molar-refractivity contribution in [1.29, 1.82) is 0 Å². The highest BCUT2D eigenvalue weighted by atomic mass is 19.4. The van der Waals surface area contributed by atoms with Crippen LogP contribution in [0, 0.1) is 0 Å². The van der Waals surface area contributed by atoms with Crippen molar-refractivity contribution in [2.24, 2.45) is 0 Å². The SMILES string of the molecule is COc1ccc(-n2c(CC(=O)O)c(C(=O)O)c3cc(Oc4ccc(C(F)(F)F)cc4)ccc32)nc1. The number of aromatic nitrogens is 2. The van der Waals surface area contributed by atoms with Crippen molar-refractivity contribution in [3.8, 4) is 23.1 Å². The van der Waals surface area contributed by atoms with Crippen LogP contribution in [0.2, 0.25) is 0 Å². The zero-order chi connectivity index (χ0) is 25.3. The summed E-state index contributed by atoms with van der Waals surface area (Å²) in [5.74, 6) is -1.61. The standard InChI is InChI=1S/C24H17F3N2O6/c1-34-16-7-9-20(28-12-16)29-18-8-6-15(35-14-4-2-13(3-5-14)24(25,26)27)10-17(18)22(23(32)33)19(29)11-21(30)31/h2-10,12H,11H2,1H3,(H,30,31)(H,32,33). The van der Waals surface area contributed by atoms with Gasteiger partial charge >= 0.3 is 18.1 Å². The van der Waals surface area contributed by atoms with Crippen molar-refractivity contribution in [1.82, 2.24) is 9.55 Å². The number of benzene rings is 2. The Balaban J connectivity index is 1.84. The number of hydrogen-bond acceptors (Lipinski definition) is 5. The summed E-state index contributed by atoms with van der Waals surface area (Å²) >= 11 is 0. The normalized spacial score (nSPS) is 11.4. The Labute approximate surface area is 195 Å². The summed E-state index contributed by atoms with van der Waals surface area (Å²) in [6, 6.07) is 11.6. The van der Waals surface area contributed by atoms with Gasteiger partial charge in [-0.1, -0.05) is 0 Å². The molecule has 4 rings (SSSR count). The van der Waals surface area contributed by atoms with Gasteiger partial charge in [0.15, 0.2) is 0 Å². The molecule has 2 aromatic carbocycles. The molecule has 35 heavy (non-hydrogen) atoms. The van der Waals surface area contributed by atoms with E-state index in [2.05, 4.69) is 4.98 Å². The molecule has 0 amide bonds. The molecular formula is C24H17F3N2O6. The number of methoxy groups -OCH3 is 1. The average Bonchev–Trinajstić information content (AvgIpc) is 3.11. The maximum Gasteiger partial charge on any atom is 0.416 e. The molecule has 0 aliphatic heterocycles. The third-order valence-electron chi connectivity index (χ3n) is 5.17. The summed E-state index contributed by atoms with van der Waals surface area (Å²) in [4.78, 5) is 28.0. The van der Waals surface area contributed by atoms with E-state index < -0.39 is 30.1 Å². The van der Waals surface area contributed by atoms with E-state index in [1.54, 1.807) is 12.1 Å². The number of carboxylic acids is 2. The monoisotopic (exact) mass is 486 g/mol. The van der Waals surface area contributed by atoms with Crippen molar-refractivity contribution >= 4 is 22.8 Å². The van der Waals surface area contributed by atoms with Crippen LogP contribution in [0.25, 0.3) is 16.7 Å². The molecule has 2 N–H and O–H groups in total. The fraction of sp³-hybridized carbons (Fsp3) is 0.125. The van der Waals surface area contributed by atoms with Gasteiger partial charge in [0.2, 0.25) is 0 Å². The second-order valence-electron chi connectivity index (χ2n) is 7.39. The highest BCUT2D eigenvalue weighted by Gasteiger charge is 2.30. The van der Waals surface area contributed by atoms with E-state index in [4.69, 9.17) is 9.47 Å². The van der Waals surface area contributed by atoms with Crippen LogP contribution in [-0.2, 0) is 17.4 Å². The molecule has 0 saturated carbocycles. The van der Waals surface area contributed by atoms with Crippen LogP contribution in [0.1, 0.15) is 21.6 Å². The van der Waals surface area contributed by atoms with Crippen LogP contribution in [0.15, 0.2) is 60.8 Å². The number of fused-ring (bicyclic) bond motifs is 1. The molecule has 8 nitrogen and oxygen atoms in total. The average molecular weight is 486 g/mol. The number of pyridine rings is 1. The minimum atomic E-state index is -4.49. The van der Waals surface area contributed by atoms with Gasteiger partial charge in [0.1, 0.15) is 23.1 Å². The summed E-state index contributed by atoms with van der Waals surface area (Å²) < 4.78 is 50.6. The predicted octanol–water partition coefficient (Wildman–Crippen LogP) is 5.17. The maximum absolute atomic E-state index is 12.8. The van der Waals surface area contributed by atoms with Crippen LogP contribution in [0.3, 0.4) is 0 Å². The van der Waals surface area contributed by atoms with Crippen molar-refractivity contribution in [3.05, 3.63) is 77.6 Å².